The Kier molecular flexibility index (Phi) is 6.89. The van der Waals surface area contributed by atoms with Gasteiger partial charge in [0.25, 0.3) is 0 Å². The Morgan fingerprint density at radius 1 is 0.966 bits per heavy atom. The standard InChI is InChI=1S/C23H28N4O2/c1-5-27(19-8-6-7-17(2)15-19)23-16-22(25-18(3)26-23)24-13-14-29-21-11-9-20(28-4)10-12-21/h6-12,15-16H,5,13-14H2,1-4H3,(H,24,25,26). The first-order chi connectivity index (χ1) is 14.1. The van der Waals surface area contributed by atoms with Gasteiger partial charge in [0, 0.05) is 18.3 Å². The fourth-order valence-corrected chi connectivity index (χ4v) is 3.07. The van der Waals surface area contributed by atoms with Crippen LogP contribution in [0.2, 0.25) is 0 Å². The number of hydrogen-bond donors (Lipinski definition) is 1. The van der Waals surface area contributed by atoms with E-state index in [1.807, 2.05) is 37.3 Å². The Hall–Kier alpha value is -3.28. The van der Waals surface area contributed by atoms with Crippen LogP contribution in [0.15, 0.2) is 54.6 Å². The number of methoxy groups -OCH3 is 1. The quantitative estimate of drug-likeness (QED) is 0.530. The van der Waals surface area contributed by atoms with Gasteiger partial charge in [0.2, 0.25) is 0 Å². The molecule has 0 atom stereocenters. The number of benzene rings is 2. The predicted octanol–water partition coefficient (Wildman–Crippen LogP) is 4.75. The van der Waals surface area contributed by atoms with Crippen LogP contribution in [0.25, 0.3) is 0 Å². The molecule has 6 heteroatoms. The van der Waals surface area contributed by atoms with Crippen LogP contribution in [0.1, 0.15) is 18.3 Å². The van der Waals surface area contributed by atoms with Crippen molar-refractivity contribution in [2.75, 3.05) is 37.0 Å². The zero-order valence-electron chi connectivity index (χ0n) is 17.5. The first kappa shape index (κ1) is 20.5. The molecule has 3 aromatic rings. The molecule has 0 aliphatic heterocycles. The minimum Gasteiger partial charge on any atom is -0.497 e. The summed E-state index contributed by atoms with van der Waals surface area (Å²) >= 11 is 0. The lowest BCUT2D eigenvalue weighted by molar-refractivity contribution is 0.331. The van der Waals surface area contributed by atoms with Crippen molar-refractivity contribution in [2.24, 2.45) is 0 Å². The number of rotatable bonds is 9. The first-order valence-corrected chi connectivity index (χ1v) is 9.79. The van der Waals surface area contributed by atoms with Gasteiger partial charge >= 0.3 is 0 Å². The molecule has 152 valence electrons. The van der Waals surface area contributed by atoms with Crippen LogP contribution < -0.4 is 19.7 Å². The summed E-state index contributed by atoms with van der Waals surface area (Å²) in [5.74, 6) is 4.02. The molecule has 0 aliphatic rings. The molecular formula is C23H28N4O2. The second kappa shape index (κ2) is 9.78. The third kappa shape index (κ3) is 5.60. The average Bonchev–Trinajstić information content (AvgIpc) is 2.72. The molecule has 0 radical (unpaired) electrons. The molecule has 0 spiro atoms. The molecule has 0 amide bonds. The minimum absolute atomic E-state index is 0.528. The molecule has 0 unspecified atom stereocenters. The van der Waals surface area contributed by atoms with Crippen molar-refractivity contribution in [3.8, 4) is 11.5 Å². The van der Waals surface area contributed by atoms with Crippen LogP contribution >= 0.6 is 0 Å². The summed E-state index contributed by atoms with van der Waals surface area (Å²) < 4.78 is 10.9. The van der Waals surface area contributed by atoms with Gasteiger partial charge in [0.1, 0.15) is 35.6 Å². The molecule has 6 nitrogen and oxygen atoms in total. The molecule has 2 aromatic carbocycles. The summed E-state index contributed by atoms with van der Waals surface area (Å²) in [5, 5.41) is 3.33. The van der Waals surface area contributed by atoms with E-state index in [9.17, 15) is 0 Å². The molecule has 0 saturated carbocycles. The van der Waals surface area contributed by atoms with Crippen molar-refractivity contribution < 1.29 is 9.47 Å². The highest BCUT2D eigenvalue weighted by Crippen LogP contribution is 2.26. The summed E-state index contributed by atoms with van der Waals surface area (Å²) in [4.78, 5) is 11.3. The van der Waals surface area contributed by atoms with Crippen molar-refractivity contribution in [1.82, 2.24) is 9.97 Å². The van der Waals surface area contributed by atoms with E-state index in [1.165, 1.54) is 5.56 Å². The fourth-order valence-electron chi connectivity index (χ4n) is 3.07. The summed E-state index contributed by atoms with van der Waals surface area (Å²) in [6, 6.07) is 18.0. The third-order valence-corrected chi connectivity index (χ3v) is 4.47. The van der Waals surface area contributed by atoms with Gasteiger partial charge in [-0.1, -0.05) is 12.1 Å². The maximum absolute atomic E-state index is 5.77. The number of nitrogens with zero attached hydrogens (tertiary/aromatic N) is 3. The number of hydrogen-bond acceptors (Lipinski definition) is 6. The molecule has 1 heterocycles. The van der Waals surface area contributed by atoms with Crippen LogP contribution in [0.3, 0.4) is 0 Å². The zero-order chi connectivity index (χ0) is 20.6. The van der Waals surface area contributed by atoms with E-state index >= 15 is 0 Å². The van der Waals surface area contributed by atoms with E-state index in [0.717, 1.165) is 41.2 Å². The molecule has 1 aromatic heterocycles. The van der Waals surface area contributed by atoms with E-state index in [1.54, 1.807) is 7.11 Å². The summed E-state index contributed by atoms with van der Waals surface area (Å²) in [7, 11) is 1.65. The average molecular weight is 393 g/mol. The molecule has 0 saturated heterocycles. The Labute approximate surface area is 172 Å². The number of anilines is 3. The smallest absolute Gasteiger partial charge is 0.138 e. The minimum atomic E-state index is 0.528. The number of aromatic nitrogens is 2. The van der Waals surface area contributed by atoms with E-state index in [2.05, 4.69) is 58.3 Å². The molecule has 1 N–H and O–H groups in total. The largest absolute Gasteiger partial charge is 0.497 e. The SMILES string of the molecule is CCN(c1cccc(C)c1)c1cc(NCCOc2ccc(OC)cc2)nc(C)n1. The molecule has 0 bridgehead atoms. The zero-order valence-corrected chi connectivity index (χ0v) is 17.5. The topological polar surface area (TPSA) is 59.5 Å². The van der Waals surface area contributed by atoms with Crippen LogP contribution in [0.4, 0.5) is 17.3 Å². The molecule has 3 rings (SSSR count). The second-order valence-electron chi connectivity index (χ2n) is 6.69. The van der Waals surface area contributed by atoms with Gasteiger partial charge in [0.15, 0.2) is 0 Å². The van der Waals surface area contributed by atoms with Crippen molar-refractivity contribution in [1.29, 1.82) is 0 Å². The third-order valence-electron chi connectivity index (χ3n) is 4.47. The van der Waals surface area contributed by atoms with E-state index < -0.39 is 0 Å². The van der Waals surface area contributed by atoms with Gasteiger partial charge in [-0.05, 0) is 62.7 Å². The molecular weight excluding hydrogens is 364 g/mol. The second-order valence-corrected chi connectivity index (χ2v) is 6.69. The summed E-state index contributed by atoms with van der Waals surface area (Å²) in [5.41, 5.74) is 2.35. The summed E-state index contributed by atoms with van der Waals surface area (Å²) in [6.45, 7) is 8.11. The van der Waals surface area contributed by atoms with E-state index in [0.29, 0.717) is 13.2 Å². The van der Waals surface area contributed by atoms with Gasteiger partial charge in [-0.2, -0.15) is 0 Å². The van der Waals surface area contributed by atoms with Crippen molar-refractivity contribution in [2.45, 2.75) is 20.8 Å². The van der Waals surface area contributed by atoms with Crippen LogP contribution in [0, 0.1) is 13.8 Å². The Bertz CT molecular complexity index is 928. The lowest BCUT2D eigenvalue weighted by atomic mass is 10.2. The predicted molar refractivity (Wildman–Crippen MR) is 118 cm³/mol. The highest BCUT2D eigenvalue weighted by atomic mass is 16.5. The van der Waals surface area contributed by atoms with Crippen LogP contribution in [-0.4, -0.2) is 36.8 Å². The maximum Gasteiger partial charge on any atom is 0.138 e. The lowest BCUT2D eigenvalue weighted by Crippen LogP contribution is -2.19. The van der Waals surface area contributed by atoms with Gasteiger partial charge in [-0.25, -0.2) is 9.97 Å². The fraction of sp³-hybridized carbons (Fsp3) is 0.304. The normalized spacial score (nSPS) is 10.5. The van der Waals surface area contributed by atoms with Crippen molar-refractivity contribution in [3.63, 3.8) is 0 Å². The number of nitrogens with one attached hydrogen (secondary N) is 1. The summed E-state index contributed by atoms with van der Waals surface area (Å²) in [6.07, 6.45) is 0. The monoisotopic (exact) mass is 392 g/mol. The van der Waals surface area contributed by atoms with Gasteiger partial charge in [-0.3, -0.25) is 0 Å². The Morgan fingerprint density at radius 3 is 2.41 bits per heavy atom. The lowest BCUT2D eigenvalue weighted by Gasteiger charge is -2.23. The van der Waals surface area contributed by atoms with Crippen molar-refractivity contribution >= 4 is 17.3 Å². The van der Waals surface area contributed by atoms with E-state index in [4.69, 9.17) is 9.47 Å². The molecule has 29 heavy (non-hydrogen) atoms. The molecule has 0 aliphatic carbocycles. The van der Waals surface area contributed by atoms with Gasteiger partial charge < -0.3 is 19.7 Å². The Balaban J connectivity index is 1.63. The Morgan fingerprint density at radius 2 is 1.72 bits per heavy atom. The van der Waals surface area contributed by atoms with Crippen LogP contribution in [0.5, 0.6) is 11.5 Å². The maximum atomic E-state index is 5.77. The number of ether oxygens (including phenoxy) is 2. The van der Waals surface area contributed by atoms with E-state index in [-0.39, 0.29) is 0 Å². The first-order valence-electron chi connectivity index (χ1n) is 9.79. The molecule has 0 fully saturated rings. The van der Waals surface area contributed by atoms with Gasteiger partial charge in [-0.15, -0.1) is 0 Å². The van der Waals surface area contributed by atoms with Crippen LogP contribution in [-0.2, 0) is 0 Å². The number of aryl methyl sites for hydroxylation is 2. The highest BCUT2D eigenvalue weighted by Gasteiger charge is 2.11. The van der Waals surface area contributed by atoms with Crippen molar-refractivity contribution in [3.05, 3.63) is 66.0 Å². The van der Waals surface area contributed by atoms with Gasteiger partial charge in [0.05, 0.1) is 13.7 Å². The highest BCUT2D eigenvalue weighted by molar-refractivity contribution is 5.63.